The van der Waals surface area contributed by atoms with Gasteiger partial charge in [0.2, 0.25) is 17.8 Å². The number of phenols is 1. The van der Waals surface area contributed by atoms with Crippen LogP contribution < -0.4 is 15.6 Å². The summed E-state index contributed by atoms with van der Waals surface area (Å²) in [5, 5.41) is 28.2. The summed E-state index contributed by atoms with van der Waals surface area (Å²) in [7, 11) is 0. The van der Waals surface area contributed by atoms with E-state index < -0.39 is 4.92 Å². The van der Waals surface area contributed by atoms with Crippen molar-refractivity contribution in [3.05, 3.63) is 62.6 Å². The summed E-state index contributed by atoms with van der Waals surface area (Å²) in [4.78, 5) is 26.1. The Bertz CT molecular complexity index is 1180. The molecule has 176 valence electrons. The first kappa shape index (κ1) is 23.4. The minimum atomic E-state index is -0.451. The first-order valence-electron chi connectivity index (χ1n) is 10.8. The van der Waals surface area contributed by atoms with Gasteiger partial charge in [-0.2, -0.15) is 20.1 Å². The summed E-state index contributed by atoms with van der Waals surface area (Å²) >= 11 is 3.37. The summed E-state index contributed by atoms with van der Waals surface area (Å²) in [6, 6.07) is 11.0. The normalized spacial score (nSPS) is 14.1. The molecule has 0 aliphatic carbocycles. The van der Waals surface area contributed by atoms with Crippen LogP contribution in [0.4, 0.5) is 29.2 Å². The number of nitrogens with zero attached hydrogens (tertiary/aromatic N) is 6. The molecule has 1 aliphatic heterocycles. The third-order valence-corrected chi connectivity index (χ3v) is 5.70. The number of non-ortho nitro benzene ring substituents is 1. The molecule has 3 aromatic rings. The number of hydrogen-bond donors (Lipinski definition) is 3. The number of nitro benzene ring substituents is 1. The van der Waals surface area contributed by atoms with E-state index in [2.05, 4.69) is 51.6 Å². The molecule has 2 heterocycles. The van der Waals surface area contributed by atoms with E-state index in [0.29, 0.717) is 17.2 Å². The summed E-state index contributed by atoms with van der Waals surface area (Å²) < 4.78 is 0.810. The standard InChI is InChI=1S/C22H23BrN8O3/c23-16-5-10-19(32)15(13-16)14-24-29-21-26-20(25-17-6-8-18(9-7-17)31(33)34)27-22(28-21)30-11-3-1-2-4-12-30/h5-10,13-14,32H,1-4,11-12H2,(H2,25,26,27,28,29)/b24-14+. The molecule has 1 fully saturated rings. The van der Waals surface area contributed by atoms with Crippen molar-refractivity contribution >= 4 is 51.4 Å². The van der Waals surface area contributed by atoms with Gasteiger partial charge in [-0.15, -0.1) is 0 Å². The van der Waals surface area contributed by atoms with Gasteiger partial charge in [-0.1, -0.05) is 28.8 Å². The number of benzene rings is 2. The van der Waals surface area contributed by atoms with Gasteiger partial charge in [-0.25, -0.2) is 5.43 Å². The maximum absolute atomic E-state index is 10.9. The van der Waals surface area contributed by atoms with Gasteiger partial charge >= 0.3 is 0 Å². The van der Waals surface area contributed by atoms with Crippen LogP contribution in [-0.2, 0) is 0 Å². The summed E-state index contributed by atoms with van der Waals surface area (Å²) in [6.45, 7) is 1.69. The van der Waals surface area contributed by atoms with Crippen molar-refractivity contribution in [3.8, 4) is 5.75 Å². The number of halogens is 1. The van der Waals surface area contributed by atoms with Gasteiger partial charge in [0.15, 0.2) is 0 Å². The van der Waals surface area contributed by atoms with Crippen LogP contribution in [0.3, 0.4) is 0 Å². The lowest BCUT2D eigenvalue weighted by Gasteiger charge is -2.21. The second-order valence-corrected chi connectivity index (χ2v) is 8.60. The Kier molecular flexibility index (Phi) is 7.48. The van der Waals surface area contributed by atoms with E-state index in [1.165, 1.54) is 31.2 Å². The molecule has 0 amide bonds. The second-order valence-electron chi connectivity index (χ2n) is 7.69. The predicted molar refractivity (Wildman–Crippen MR) is 134 cm³/mol. The highest BCUT2D eigenvalue weighted by molar-refractivity contribution is 9.10. The van der Waals surface area contributed by atoms with E-state index in [0.717, 1.165) is 30.4 Å². The van der Waals surface area contributed by atoms with Crippen LogP contribution >= 0.6 is 15.9 Å². The average molecular weight is 527 g/mol. The van der Waals surface area contributed by atoms with Crippen LogP contribution in [0.2, 0.25) is 0 Å². The molecule has 1 aliphatic rings. The summed E-state index contributed by atoms with van der Waals surface area (Å²) in [6.07, 6.45) is 5.92. The van der Waals surface area contributed by atoms with E-state index in [4.69, 9.17) is 0 Å². The molecule has 12 heteroatoms. The molecule has 4 rings (SSSR count). The first-order chi connectivity index (χ1) is 16.5. The highest BCUT2D eigenvalue weighted by atomic mass is 79.9. The zero-order chi connectivity index (χ0) is 23.9. The number of aromatic nitrogens is 3. The van der Waals surface area contributed by atoms with Crippen molar-refractivity contribution in [2.75, 3.05) is 28.7 Å². The maximum atomic E-state index is 10.9. The molecule has 0 atom stereocenters. The van der Waals surface area contributed by atoms with Crippen molar-refractivity contribution in [3.63, 3.8) is 0 Å². The van der Waals surface area contributed by atoms with Gasteiger partial charge in [-0.05, 0) is 43.2 Å². The van der Waals surface area contributed by atoms with Crippen LogP contribution in [-0.4, -0.2) is 44.3 Å². The molecule has 0 radical (unpaired) electrons. The van der Waals surface area contributed by atoms with Crippen molar-refractivity contribution in [2.45, 2.75) is 25.7 Å². The van der Waals surface area contributed by atoms with Crippen molar-refractivity contribution in [2.24, 2.45) is 5.10 Å². The Hall–Kier alpha value is -3.80. The van der Waals surface area contributed by atoms with Gasteiger partial charge in [0, 0.05) is 40.9 Å². The van der Waals surface area contributed by atoms with Crippen LogP contribution in [0, 0.1) is 10.1 Å². The van der Waals surface area contributed by atoms with E-state index in [1.807, 2.05) is 0 Å². The van der Waals surface area contributed by atoms with Crippen LogP contribution in [0.1, 0.15) is 31.2 Å². The Morgan fingerprint density at radius 2 is 1.74 bits per heavy atom. The smallest absolute Gasteiger partial charge is 0.269 e. The molecule has 0 spiro atoms. The Morgan fingerprint density at radius 3 is 2.44 bits per heavy atom. The molecule has 0 saturated carbocycles. The fraction of sp³-hybridized carbons (Fsp3) is 0.273. The molecule has 2 aromatic carbocycles. The third kappa shape index (κ3) is 6.16. The van der Waals surface area contributed by atoms with E-state index in [1.54, 1.807) is 30.3 Å². The number of nitro groups is 1. The monoisotopic (exact) mass is 526 g/mol. The van der Waals surface area contributed by atoms with Gasteiger partial charge in [0.1, 0.15) is 5.75 Å². The number of anilines is 4. The molecular formula is C22H23BrN8O3. The Labute approximate surface area is 204 Å². The first-order valence-corrected chi connectivity index (χ1v) is 11.6. The van der Waals surface area contributed by atoms with Crippen LogP contribution in [0.25, 0.3) is 0 Å². The van der Waals surface area contributed by atoms with Crippen molar-refractivity contribution < 1.29 is 10.0 Å². The third-order valence-electron chi connectivity index (χ3n) is 5.20. The minimum Gasteiger partial charge on any atom is -0.507 e. The van der Waals surface area contributed by atoms with Crippen molar-refractivity contribution in [1.29, 1.82) is 0 Å². The molecule has 34 heavy (non-hydrogen) atoms. The molecule has 1 saturated heterocycles. The number of nitrogens with one attached hydrogen (secondary N) is 2. The lowest BCUT2D eigenvalue weighted by atomic mass is 10.2. The SMILES string of the molecule is O=[N+]([O-])c1ccc(Nc2nc(N/N=C/c3cc(Br)ccc3O)nc(N3CCCCCC3)n2)cc1. The van der Waals surface area contributed by atoms with Gasteiger partial charge in [0.05, 0.1) is 11.1 Å². The lowest BCUT2D eigenvalue weighted by molar-refractivity contribution is -0.384. The van der Waals surface area contributed by atoms with Crippen molar-refractivity contribution in [1.82, 2.24) is 15.0 Å². The summed E-state index contributed by atoms with van der Waals surface area (Å²) in [5.74, 6) is 1.12. The van der Waals surface area contributed by atoms with Gasteiger partial charge < -0.3 is 15.3 Å². The molecule has 1 aromatic heterocycles. The quantitative estimate of drug-likeness (QED) is 0.224. The highest BCUT2D eigenvalue weighted by Crippen LogP contribution is 2.23. The van der Waals surface area contributed by atoms with Crippen LogP contribution in [0.15, 0.2) is 52.0 Å². The number of hydrogen-bond acceptors (Lipinski definition) is 10. The maximum Gasteiger partial charge on any atom is 0.269 e. The van der Waals surface area contributed by atoms with Gasteiger partial charge in [0.25, 0.3) is 5.69 Å². The van der Waals surface area contributed by atoms with E-state index >= 15 is 0 Å². The zero-order valence-electron chi connectivity index (χ0n) is 18.2. The number of phenolic OH excluding ortho intramolecular Hbond substituents is 1. The topological polar surface area (TPSA) is 142 Å². The predicted octanol–water partition coefficient (Wildman–Crippen LogP) is 4.82. The zero-order valence-corrected chi connectivity index (χ0v) is 19.8. The Balaban J connectivity index is 1.59. The fourth-order valence-corrected chi connectivity index (χ4v) is 3.85. The van der Waals surface area contributed by atoms with E-state index in [-0.39, 0.29) is 23.3 Å². The second kappa shape index (κ2) is 10.9. The molecular weight excluding hydrogens is 504 g/mol. The average Bonchev–Trinajstić information content (AvgIpc) is 3.11. The molecule has 0 unspecified atom stereocenters. The molecule has 3 N–H and O–H groups in total. The van der Waals surface area contributed by atoms with Gasteiger partial charge in [-0.3, -0.25) is 10.1 Å². The Morgan fingerprint density at radius 1 is 1.03 bits per heavy atom. The molecule has 0 bridgehead atoms. The number of rotatable bonds is 7. The minimum absolute atomic E-state index is 0.000975. The number of aromatic hydroxyl groups is 1. The fourth-order valence-electron chi connectivity index (χ4n) is 3.47. The number of hydrazone groups is 1. The van der Waals surface area contributed by atoms with E-state index in [9.17, 15) is 15.2 Å². The van der Waals surface area contributed by atoms with Crippen LogP contribution in [0.5, 0.6) is 5.75 Å². The largest absolute Gasteiger partial charge is 0.507 e. The highest BCUT2D eigenvalue weighted by Gasteiger charge is 2.16. The molecule has 11 nitrogen and oxygen atoms in total. The lowest BCUT2D eigenvalue weighted by Crippen LogP contribution is -2.26. The summed E-state index contributed by atoms with van der Waals surface area (Å²) in [5.41, 5.74) is 3.93.